The van der Waals surface area contributed by atoms with Crippen LogP contribution in [-0.4, -0.2) is 52.4 Å². The van der Waals surface area contributed by atoms with Crippen molar-refractivity contribution in [3.05, 3.63) is 70.1 Å². The topological polar surface area (TPSA) is 158 Å². The Kier molecular flexibility index (Phi) is 8.57. The molecule has 3 rings (SSSR count). The number of aliphatic hydroxyl groups is 2. The van der Waals surface area contributed by atoms with Gasteiger partial charge in [0.25, 0.3) is 5.91 Å². The molecule has 0 saturated heterocycles. The predicted octanol–water partition coefficient (Wildman–Crippen LogP) is 2.45. The largest absolute Gasteiger partial charge is 0.472 e. The zero-order valence-corrected chi connectivity index (χ0v) is 20.4. The van der Waals surface area contributed by atoms with E-state index in [1.54, 1.807) is 24.3 Å². The van der Waals surface area contributed by atoms with Crippen molar-refractivity contribution in [3.8, 4) is 16.5 Å². The van der Waals surface area contributed by atoms with Gasteiger partial charge in [0.2, 0.25) is 5.88 Å². The quantitative estimate of drug-likeness (QED) is 0.293. The van der Waals surface area contributed by atoms with Crippen molar-refractivity contribution in [3.63, 3.8) is 0 Å². The number of nitrogens with zero attached hydrogens (tertiary/aromatic N) is 1. The maximum atomic E-state index is 12.3. The van der Waals surface area contributed by atoms with E-state index in [9.17, 15) is 19.8 Å². The lowest BCUT2D eigenvalue weighted by Crippen LogP contribution is -2.51. The number of esters is 1. The van der Waals surface area contributed by atoms with E-state index in [0.29, 0.717) is 5.69 Å². The van der Waals surface area contributed by atoms with Gasteiger partial charge in [-0.3, -0.25) is 4.79 Å². The summed E-state index contributed by atoms with van der Waals surface area (Å²) in [5.74, 6) is -1.08. The van der Waals surface area contributed by atoms with Crippen LogP contribution in [0.2, 0.25) is 0 Å². The number of carbonyl (C=O) groups excluding carboxylic acids is 2. The third kappa shape index (κ3) is 6.43. The molecule has 0 bridgehead atoms. The van der Waals surface area contributed by atoms with Crippen molar-refractivity contribution in [2.45, 2.75) is 31.9 Å². The second-order valence-corrected chi connectivity index (χ2v) is 9.46. The number of carbonyl (C=O) groups is 2. The maximum absolute atomic E-state index is 12.3. The lowest BCUT2D eigenvalue weighted by Gasteiger charge is -2.23. The second kappa shape index (κ2) is 11.4. The van der Waals surface area contributed by atoms with Gasteiger partial charge in [0.1, 0.15) is 18.8 Å². The average molecular weight is 500 g/mol. The number of thiophene rings is 1. The molecule has 2 aromatic heterocycles. The molecule has 35 heavy (non-hydrogen) atoms. The number of primary amides is 1. The van der Waals surface area contributed by atoms with E-state index < -0.39 is 30.6 Å². The standard InChI is InChI=1S/C25H29N3O6S/c1-15(2)18-10-19(20-4-3-9-35-20)28-23(21(18)22(26)31)33-11-16-5-7-17(8-6-16)24(32)34-14-25(27,12-29)13-30/h3-10,15,29-30H,11-14,27H2,1-2H3,(H2,26,31). The lowest BCUT2D eigenvalue weighted by atomic mass is 9.97. The van der Waals surface area contributed by atoms with Gasteiger partial charge in [-0.05, 0) is 46.7 Å². The van der Waals surface area contributed by atoms with Crippen LogP contribution in [0.5, 0.6) is 5.88 Å². The highest BCUT2D eigenvalue weighted by Crippen LogP contribution is 2.33. The van der Waals surface area contributed by atoms with E-state index in [-0.39, 0.29) is 36.1 Å². The van der Waals surface area contributed by atoms with Crippen molar-refractivity contribution >= 4 is 23.2 Å². The Morgan fingerprint density at radius 3 is 2.37 bits per heavy atom. The van der Waals surface area contributed by atoms with Crippen molar-refractivity contribution in [2.24, 2.45) is 11.5 Å². The molecule has 0 aliphatic rings. The normalized spacial score (nSPS) is 11.5. The number of amides is 1. The first-order valence-electron chi connectivity index (χ1n) is 11.0. The van der Waals surface area contributed by atoms with Crippen molar-refractivity contribution < 1.29 is 29.3 Å². The van der Waals surface area contributed by atoms with Crippen LogP contribution in [0.15, 0.2) is 47.8 Å². The van der Waals surface area contributed by atoms with Crippen LogP contribution in [0.1, 0.15) is 51.6 Å². The Hall–Kier alpha value is -3.31. The van der Waals surface area contributed by atoms with Crippen LogP contribution in [0.25, 0.3) is 10.6 Å². The molecule has 0 atom stereocenters. The van der Waals surface area contributed by atoms with Crippen molar-refractivity contribution in [1.82, 2.24) is 4.98 Å². The van der Waals surface area contributed by atoms with Crippen LogP contribution in [0.3, 0.4) is 0 Å². The Bertz CT molecular complexity index is 1160. The number of ether oxygens (including phenoxy) is 2. The smallest absolute Gasteiger partial charge is 0.338 e. The molecule has 1 amide bonds. The number of hydrogen-bond acceptors (Lipinski definition) is 9. The van der Waals surface area contributed by atoms with Gasteiger partial charge in [-0.15, -0.1) is 11.3 Å². The van der Waals surface area contributed by atoms with Gasteiger partial charge in [-0.1, -0.05) is 32.0 Å². The molecule has 3 aromatic rings. The number of rotatable bonds is 11. The molecule has 1 aromatic carbocycles. The highest BCUT2D eigenvalue weighted by molar-refractivity contribution is 7.13. The molecule has 0 fully saturated rings. The number of hydrogen-bond donors (Lipinski definition) is 4. The molecule has 10 heteroatoms. The highest BCUT2D eigenvalue weighted by atomic mass is 32.1. The Labute approximate surface area is 207 Å². The zero-order valence-electron chi connectivity index (χ0n) is 19.6. The minimum atomic E-state index is -1.40. The summed E-state index contributed by atoms with van der Waals surface area (Å²) in [4.78, 5) is 30.0. The van der Waals surface area contributed by atoms with Crippen molar-refractivity contribution in [1.29, 1.82) is 0 Å². The van der Waals surface area contributed by atoms with E-state index in [1.165, 1.54) is 11.3 Å². The zero-order chi connectivity index (χ0) is 25.6. The summed E-state index contributed by atoms with van der Waals surface area (Å²) >= 11 is 1.53. The SMILES string of the molecule is CC(C)c1cc(-c2cccs2)nc(OCc2ccc(C(=O)OCC(N)(CO)CO)cc2)c1C(N)=O. The molecule has 2 heterocycles. The Morgan fingerprint density at radius 2 is 1.83 bits per heavy atom. The molecular weight excluding hydrogens is 470 g/mol. The molecule has 9 nitrogen and oxygen atoms in total. The summed E-state index contributed by atoms with van der Waals surface area (Å²) < 4.78 is 11.0. The van der Waals surface area contributed by atoms with E-state index in [1.807, 2.05) is 37.4 Å². The lowest BCUT2D eigenvalue weighted by molar-refractivity contribution is 0.0209. The minimum absolute atomic E-state index is 0.0239. The number of nitrogens with two attached hydrogens (primary N) is 2. The van der Waals surface area contributed by atoms with Crippen LogP contribution in [-0.2, 0) is 11.3 Å². The molecule has 6 N–H and O–H groups in total. The summed E-state index contributed by atoms with van der Waals surface area (Å²) in [6.45, 7) is 2.65. The maximum Gasteiger partial charge on any atom is 0.338 e. The van der Waals surface area contributed by atoms with E-state index in [0.717, 1.165) is 16.0 Å². The second-order valence-electron chi connectivity index (χ2n) is 8.51. The van der Waals surface area contributed by atoms with E-state index >= 15 is 0 Å². The molecule has 0 unspecified atom stereocenters. The molecule has 0 aliphatic heterocycles. The fraction of sp³-hybridized carbons (Fsp3) is 0.320. The fourth-order valence-corrected chi connectivity index (χ4v) is 3.91. The van der Waals surface area contributed by atoms with Gasteiger partial charge < -0.3 is 31.2 Å². The van der Waals surface area contributed by atoms with E-state index in [2.05, 4.69) is 4.98 Å². The first kappa shape index (κ1) is 26.3. The molecule has 0 radical (unpaired) electrons. The molecule has 186 valence electrons. The summed E-state index contributed by atoms with van der Waals surface area (Å²) in [5, 5.41) is 20.4. The van der Waals surface area contributed by atoms with Crippen LogP contribution >= 0.6 is 11.3 Å². The fourth-order valence-electron chi connectivity index (χ4n) is 3.22. The molecule has 0 saturated carbocycles. The highest BCUT2D eigenvalue weighted by Gasteiger charge is 2.26. The number of aliphatic hydroxyl groups excluding tert-OH is 2. The van der Waals surface area contributed by atoms with E-state index in [4.69, 9.17) is 20.9 Å². The van der Waals surface area contributed by atoms with Gasteiger partial charge >= 0.3 is 5.97 Å². The Morgan fingerprint density at radius 1 is 1.14 bits per heavy atom. The van der Waals surface area contributed by atoms with Gasteiger partial charge in [0.05, 0.1) is 34.9 Å². The van der Waals surface area contributed by atoms with Crippen LogP contribution in [0.4, 0.5) is 0 Å². The van der Waals surface area contributed by atoms with Gasteiger partial charge in [0.15, 0.2) is 0 Å². The van der Waals surface area contributed by atoms with Crippen LogP contribution < -0.4 is 16.2 Å². The molecular formula is C25H29N3O6S. The third-order valence-electron chi connectivity index (χ3n) is 5.34. The number of benzene rings is 1. The van der Waals surface area contributed by atoms with Gasteiger partial charge in [0, 0.05) is 0 Å². The Balaban J connectivity index is 1.77. The predicted molar refractivity (Wildman–Crippen MR) is 132 cm³/mol. The number of pyridine rings is 1. The minimum Gasteiger partial charge on any atom is -0.472 e. The first-order chi connectivity index (χ1) is 16.7. The van der Waals surface area contributed by atoms with Crippen molar-refractivity contribution in [2.75, 3.05) is 19.8 Å². The van der Waals surface area contributed by atoms with Gasteiger partial charge in [-0.2, -0.15) is 0 Å². The summed E-state index contributed by atoms with van der Waals surface area (Å²) in [6, 6.07) is 12.2. The summed E-state index contributed by atoms with van der Waals surface area (Å²) in [5.41, 5.74) is 12.7. The third-order valence-corrected chi connectivity index (χ3v) is 6.24. The average Bonchev–Trinajstić information content (AvgIpc) is 3.40. The summed E-state index contributed by atoms with van der Waals surface area (Å²) in [7, 11) is 0. The number of aromatic nitrogens is 1. The molecule has 0 spiro atoms. The monoisotopic (exact) mass is 499 g/mol. The molecule has 0 aliphatic carbocycles. The van der Waals surface area contributed by atoms with Crippen LogP contribution in [0, 0.1) is 0 Å². The first-order valence-corrected chi connectivity index (χ1v) is 11.8. The summed E-state index contributed by atoms with van der Waals surface area (Å²) in [6.07, 6.45) is 0. The van der Waals surface area contributed by atoms with Gasteiger partial charge in [-0.25, -0.2) is 9.78 Å².